The molecule has 0 N–H and O–H groups in total. The highest BCUT2D eigenvalue weighted by molar-refractivity contribution is 6.74. The average molecular weight is 416 g/mol. The molecular weight excluding hydrogens is 382 g/mol. The Morgan fingerprint density at radius 3 is 2.14 bits per heavy atom. The molecule has 2 rings (SSSR count). The number of imide groups is 1. The van der Waals surface area contributed by atoms with Crippen LogP contribution >= 0.6 is 0 Å². The van der Waals surface area contributed by atoms with Gasteiger partial charge in [0.1, 0.15) is 0 Å². The fourth-order valence-electron chi connectivity index (χ4n) is 2.71. The summed E-state index contributed by atoms with van der Waals surface area (Å²) in [4.78, 5) is 30.9. The van der Waals surface area contributed by atoms with Crippen molar-refractivity contribution in [2.75, 3.05) is 0 Å². The summed E-state index contributed by atoms with van der Waals surface area (Å²) in [6.45, 7) is 14.8. The highest BCUT2D eigenvalue weighted by Gasteiger charge is 2.38. The van der Waals surface area contributed by atoms with Crippen molar-refractivity contribution in [3.8, 4) is 0 Å². The van der Waals surface area contributed by atoms with Gasteiger partial charge in [-0.3, -0.25) is 14.4 Å². The zero-order valence-corrected chi connectivity index (χ0v) is 19.2. The molecule has 1 aliphatic rings. The van der Waals surface area contributed by atoms with E-state index in [2.05, 4.69) is 40.4 Å². The lowest BCUT2D eigenvalue weighted by molar-refractivity contribution is -0.135. The fourth-order valence-corrected chi connectivity index (χ4v) is 3.50. The number of carbonyl (C=O) groups is 2. The summed E-state index contributed by atoms with van der Waals surface area (Å²) in [5, 5.41) is 1.06. The molecule has 1 aromatic rings. The average Bonchev–Trinajstić information content (AvgIpc) is 2.89. The predicted molar refractivity (Wildman–Crippen MR) is 118 cm³/mol. The molecule has 1 aliphatic heterocycles. The normalized spacial score (nSPS) is 15.7. The molecule has 0 aliphatic carbocycles. The van der Waals surface area contributed by atoms with Crippen LogP contribution < -0.4 is 0 Å². The Kier molecular flexibility index (Phi) is 7.60. The van der Waals surface area contributed by atoms with E-state index >= 15 is 0 Å². The first-order valence-electron chi connectivity index (χ1n) is 10.2. The second-order valence-corrected chi connectivity index (χ2v) is 13.6. The largest absolute Gasteiger partial charge is 0.549 e. The highest BCUT2D eigenvalue weighted by atomic mass is 28.4. The molecule has 0 fully saturated rings. The Morgan fingerprint density at radius 1 is 1.07 bits per heavy atom. The number of rotatable bonds is 10. The van der Waals surface area contributed by atoms with Crippen LogP contribution in [0.1, 0.15) is 67.2 Å². The van der Waals surface area contributed by atoms with Crippen LogP contribution in [-0.4, -0.2) is 31.3 Å². The molecule has 6 heteroatoms. The molecule has 29 heavy (non-hydrogen) atoms. The third-order valence-corrected chi connectivity index (χ3v) is 9.96. The number of hydrogen-bond donors (Lipinski definition) is 0. The smallest absolute Gasteiger partial charge is 0.285 e. The van der Waals surface area contributed by atoms with E-state index in [9.17, 15) is 9.59 Å². The van der Waals surface area contributed by atoms with Crippen LogP contribution in [0.15, 0.2) is 49.3 Å². The lowest BCUT2D eigenvalue weighted by atomic mass is 10.1. The van der Waals surface area contributed by atoms with E-state index in [-0.39, 0.29) is 11.1 Å². The molecule has 0 bridgehead atoms. The maximum atomic E-state index is 12.5. The van der Waals surface area contributed by atoms with Crippen molar-refractivity contribution in [2.24, 2.45) is 0 Å². The minimum atomic E-state index is -1.82. The number of carbonyl (C=O) groups excluding carboxylic acids is 2. The van der Waals surface area contributed by atoms with Crippen LogP contribution in [0.2, 0.25) is 18.1 Å². The molecule has 0 radical (unpaired) electrons. The Hall–Kier alpha value is -2.18. The third kappa shape index (κ3) is 5.67. The van der Waals surface area contributed by atoms with Crippen LogP contribution in [0.3, 0.4) is 0 Å². The molecule has 2 amide bonds. The zero-order chi connectivity index (χ0) is 21.7. The molecule has 0 aromatic heterocycles. The SMILES string of the molecule is C=CCCC(CC/C=C\O[Si](C)(C)C(C)(C)C)ON1C(=O)c2ccccc2C1=O. The molecule has 158 valence electrons. The van der Waals surface area contributed by atoms with Gasteiger partial charge in [0.15, 0.2) is 0 Å². The minimum Gasteiger partial charge on any atom is -0.549 e. The van der Waals surface area contributed by atoms with Gasteiger partial charge in [-0.2, -0.15) is 0 Å². The van der Waals surface area contributed by atoms with Crippen LogP contribution in [0.4, 0.5) is 0 Å². The quantitative estimate of drug-likeness (QED) is 0.208. The lowest BCUT2D eigenvalue weighted by Gasteiger charge is -2.35. The van der Waals surface area contributed by atoms with Gasteiger partial charge in [0.05, 0.1) is 23.5 Å². The van der Waals surface area contributed by atoms with E-state index in [1.54, 1.807) is 30.5 Å². The number of fused-ring (bicyclic) bond motifs is 1. The van der Waals surface area contributed by atoms with E-state index in [0.29, 0.717) is 24.0 Å². The number of hydrogen-bond acceptors (Lipinski definition) is 4. The molecule has 1 unspecified atom stereocenters. The first-order valence-corrected chi connectivity index (χ1v) is 13.1. The molecule has 0 spiro atoms. The summed E-state index contributed by atoms with van der Waals surface area (Å²) in [7, 11) is -1.82. The maximum absolute atomic E-state index is 12.5. The first-order chi connectivity index (χ1) is 13.6. The molecular formula is C23H33NO4Si. The second-order valence-electron chi connectivity index (χ2n) is 8.87. The number of hydroxylamine groups is 2. The number of allylic oxidation sites excluding steroid dienone is 2. The van der Waals surface area contributed by atoms with Crippen molar-refractivity contribution in [3.05, 3.63) is 60.4 Å². The van der Waals surface area contributed by atoms with E-state index in [1.807, 2.05) is 12.2 Å². The summed E-state index contributed by atoms with van der Waals surface area (Å²) < 4.78 is 6.05. The second kappa shape index (κ2) is 9.54. The monoisotopic (exact) mass is 415 g/mol. The van der Waals surface area contributed by atoms with Gasteiger partial charge >= 0.3 is 0 Å². The number of benzene rings is 1. The van der Waals surface area contributed by atoms with E-state index in [4.69, 9.17) is 9.26 Å². The molecule has 0 saturated heterocycles. The van der Waals surface area contributed by atoms with Crippen molar-refractivity contribution >= 4 is 20.1 Å². The van der Waals surface area contributed by atoms with Crippen LogP contribution in [0, 0.1) is 0 Å². The summed E-state index contributed by atoms with van der Waals surface area (Å²) in [5.41, 5.74) is 0.783. The van der Waals surface area contributed by atoms with Crippen molar-refractivity contribution in [2.45, 2.75) is 70.7 Å². The van der Waals surface area contributed by atoms with Gasteiger partial charge in [0.25, 0.3) is 11.8 Å². The highest BCUT2D eigenvalue weighted by Crippen LogP contribution is 2.36. The molecule has 1 atom stereocenters. The minimum absolute atomic E-state index is 0.151. The first kappa shape index (κ1) is 23.1. The van der Waals surface area contributed by atoms with E-state index in [1.165, 1.54) is 0 Å². The van der Waals surface area contributed by atoms with Crippen molar-refractivity contribution in [1.29, 1.82) is 0 Å². The van der Waals surface area contributed by atoms with E-state index in [0.717, 1.165) is 17.9 Å². The Balaban J connectivity index is 1.95. The predicted octanol–water partition coefficient (Wildman–Crippen LogP) is 5.86. The molecule has 1 heterocycles. The van der Waals surface area contributed by atoms with Crippen molar-refractivity contribution in [1.82, 2.24) is 5.06 Å². The summed E-state index contributed by atoms with van der Waals surface area (Å²) >= 11 is 0. The van der Waals surface area contributed by atoms with Gasteiger partial charge in [-0.1, -0.05) is 45.1 Å². The van der Waals surface area contributed by atoms with Gasteiger partial charge in [0, 0.05) is 0 Å². The fraction of sp³-hybridized carbons (Fsp3) is 0.478. The van der Waals surface area contributed by atoms with Crippen LogP contribution in [0.5, 0.6) is 0 Å². The van der Waals surface area contributed by atoms with Gasteiger partial charge in [-0.05, 0) is 55.9 Å². The zero-order valence-electron chi connectivity index (χ0n) is 18.2. The summed E-state index contributed by atoms with van der Waals surface area (Å²) in [5.74, 6) is -0.794. The summed E-state index contributed by atoms with van der Waals surface area (Å²) in [6, 6.07) is 6.79. The number of nitrogens with zero attached hydrogens (tertiary/aromatic N) is 1. The third-order valence-electron chi connectivity index (χ3n) is 5.62. The Morgan fingerprint density at radius 2 is 1.62 bits per heavy atom. The standard InChI is InChI=1S/C23H33NO4Si/c1-7-8-13-18(14-11-12-17-27-29(5,6)23(2,3)4)28-24-21(25)19-15-9-10-16-20(19)22(24)26/h7,9-10,12,15-18H,1,8,11,13-14H2,2-6H3/b17-12-. The topological polar surface area (TPSA) is 55.8 Å². The van der Waals surface area contributed by atoms with Gasteiger partial charge in [-0.15, -0.1) is 11.6 Å². The Labute approximate surface area is 175 Å². The summed E-state index contributed by atoms with van der Waals surface area (Å²) in [6.07, 6.45) is 8.20. The lowest BCUT2D eigenvalue weighted by Crippen LogP contribution is -2.39. The van der Waals surface area contributed by atoms with Crippen LogP contribution in [0.25, 0.3) is 0 Å². The van der Waals surface area contributed by atoms with Crippen LogP contribution in [-0.2, 0) is 9.26 Å². The van der Waals surface area contributed by atoms with Gasteiger partial charge in [-0.25, -0.2) is 0 Å². The maximum Gasteiger partial charge on any atom is 0.285 e. The molecule has 0 saturated carbocycles. The number of amides is 2. The Bertz CT molecular complexity index is 744. The van der Waals surface area contributed by atoms with Gasteiger partial charge < -0.3 is 4.43 Å². The van der Waals surface area contributed by atoms with Crippen molar-refractivity contribution in [3.63, 3.8) is 0 Å². The van der Waals surface area contributed by atoms with E-state index < -0.39 is 20.1 Å². The van der Waals surface area contributed by atoms with Crippen molar-refractivity contribution < 1.29 is 18.9 Å². The molecule has 1 aromatic carbocycles. The molecule has 5 nitrogen and oxygen atoms in total. The van der Waals surface area contributed by atoms with Gasteiger partial charge in [0.2, 0.25) is 8.32 Å².